The Kier molecular flexibility index (Phi) is 48.1. The first-order valence-corrected chi connectivity index (χ1v) is 26.9. The van der Waals surface area contributed by atoms with Crippen molar-refractivity contribution in [2.75, 3.05) is 6.61 Å². The highest BCUT2D eigenvalue weighted by molar-refractivity contribution is 5.77. The number of esters is 1. The molecule has 0 bridgehead atoms. The summed E-state index contributed by atoms with van der Waals surface area (Å²) in [7, 11) is 0. The number of aliphatic hydroxyl groups excluding tert-OH is 2. The van der Waals surface area contributed by atoms with Crippen molar-refractivity contribution in [2.45, 2.75) is 289 Å². The van der Waals surface area contributed by atoms with E-state index in [2.05, 4.69) is 74.7 Å². The highest BCUT2D eigenvalue weighted by Gasteiger charge is 2.24. The summed E-state index contributed by atoms with van der Waals surface area (Å²) in [5, 5.41) is 23.8. The SMILES string of the molecule is CC/C=C/C/C=C/C/C=C/CCCCCCCCC(=O)OC(CCCCC/C=C\CCCCC)CC(=O)NC(CO)C(O)CCCCCCCCCCCCCCCCCCC. The summed E-state index contributed by atoms with van der Waals surface area (Å²) in [6, 6.07) is -0.708. The van der Waals surface area contributed by atoms with Gasteiger partial charge in [-0.1, -0.05) is 223 Å². The molecule has 3 atom stereocenters. The van der Waals surface area contributed by atoms with E-state index in [4.69, 9.17) is 4.74 Å². The largest absolute Gasteiger partial charge is 0.462 e. The molecule has 0 aliphatic rings. The zero-order chi connectivity index (χ0) is 45.2. The van der Waals surface area contributed by atoms with Crippen molar-refractivity contribution in [3.63, 3.8) is 0 Å². The molecule has 0 fully saturated rings. The van der Waals surface area contributed by atoms with Crippen LogP contribution in [0.15, 0.2) is 48.6 Å². The number of hydrogen-bond donors (Lipinski definition) is 3. The molecule has 3 unspecified atom stereocenters. The van der Waals surface area contributed by atoms with E-state index in [0.717, 1.165) is 96.3 Å². The average Bonchev–Trinajstić information content (AvgIpc) is 3.26. The topological polar surface area (TPSA) is 95.9 Å². The molecular weight excluding hydrogens is 767 g/mol. The number of allylic oxidation sites excluding steroid dienone is 8. The monoisotopic (exact) mass is 870 g/mol. The second-order valence-electron chi connectivity index (χ2n) is 18.2. The van der Waals surface area contributed by atoms with Crippen LogP contribution in [0.25, 0.3) is 0 Å². The van der Waals surface area contributed by atoms with Crippen molar-refractivity contribution < 1.29 is 24.5 Å². The Labute approximate surface area is 385 Å². The number of carbonyl (C=O) groups excluding carboxylic acids is 2. The summed E-state index contributed by atoms with van der Waals surface area (Å²) in [4.78, 5) is 26.1. The Hall–Kier alpha value is -2.18. The first-order valence-electron chi connectivity index (χ1n) is 26.9. The summed E-state index contributed by atoms with van der Waals surface area (Å²) >= 11 is 0. The van der Waals surface area contributed by atoms with Gasteiger partial charge in [0.15, 0.2) is 0 Å². The molecule has 0 saturated heterocycles. The zero-order valence-electron chi connectivity index (χ0n) is 41.3. The summed E-state index contributed by atoms with van der Waals surface area (Å²) in [6.07, 6.45) is 60.3. The third-order valence-corrected chi connectivity index (χ3v) is 12.1. The van der Waals surface area contributed by atoms with Gasteiger partial charge >= 0.3 is 5.97 Å². The van der Waals surface area contributed by atoms with Crippen LogP contribution in [0, 0.1) is 0 Å². The maximum atomic E-state index is 13.2. The van der Waals surface area contributed by atoms with Gasteiger partial charge in [-0.2, -0.15) is 0 Å². The van der Waals surface area contributed by atoms with Crippen molar-refractivity contribution >= 4 is 11.9 Å². The van der Waals surface area contributed by atoms with Crippen LogP contribution in [0.5, 0.6) is 0 Å². The van der Waals surface area contributed by atoms with Crippen molar-refractivity contribution in [1.29, 1.82) is 0 Å². The molecule has 62 heavy (non-hydrogen) atoms. The van der Waals surface area contributed by atoms with Crippen molar-refractivity contribution in [2.24, 2.45) is 0 Å². The number of carbonyl (C=O) groups is 2. The standard InChI is InChI=1S/C56H103NO5/c1-4-7-10-13-16-19-22-24-26-28-29-31-33-36-39-42-45-48-54(59)53(51-58)57-55(60)50-52(47-44-41-38-35-21-18-15-12-9-6-3)62-56(61)49-46-43-40-37-34-32-30-27-25-23-20-17-14-11-8-5-2/h8,11,17-18,20-21,25,27,52-54,58-59H,4-7,9-10,12-16,19,22-24,26,28-51H2,1-3H3,(H,57,60)/b11-8+,20-17+,21-18-,27-25+. The minimum Gasteiger partial charge on any atom is -0.462 e. The maximum absolute atomic E-state index is 13.2. The van der Waals surface area contributed by atoms with Gasteiger partial charge in [0.1, 0.15) is 6.10 Å². The Morgan fingerprint density at radius 1 is 0.484 bits per heavy atom. The number of unbranched alkanes of at least 4 members (excludes halogenated alkanes) is 28. The summed E-state index contributed by atoms with van der Waals surface area (Å²) < 4.78 is 5.92. The molecule has 0 aliphatic heterocycles. The minimum atomic E-state index is -0.793. The predicted molar refractivity (Wildman–Crippen MR) is 269 cm³/mol. The van der Waals surface area contributed by atoms with Crippen molar-refractivity contribution in [3.8, 4) is 0 Å². The van der Waals surface area contributed by atoms with Gasteiger partial charge in [0.2, 0.25) is 5.91 Å². The molecule has 0 rings (SSSR count). The van der Waals surface area contributed by atoms with Gasteiger partial charge in [-0.15, -0.1) is 0 Å². The molecule has 0 radical (unpaired) electrons. The van der Waals surface area contributed by atoms with Gasteiger partial charge < -0.3 is 20.3 Å². The van der Waals surface area contributed by atoms with Crippen LogP contribution in [-0.4, -0.2) is 46.9 Å². The maximum Gasteiger partial charge on any atom is 0.306 e. The lowest BCUT2D eigenvalue weighted by atomic mass is 10.0. The molecule has 0 aromatic rings. The van der Waals surface area contributed by atoms with Crippen LogP contribution in [0.3, 0.4) is 0 Å². The van der Waals surface area contributed by atoms with Crippen LogP contribution in [0.1, 0.15) is 271 Å². The molecule has 0 aromatic heterocycles. The van der Waals surface area contributed by atoms with E-state index in [9.17, 15) is 19.8 Å². The second kappa shape index (κ2) is 49.8. The minimum absolute atomic E-state index is 0.0620. The molecule has 0 saturated carbocycles. The van der Waals surface area contributed by atoms with E-state index >= 15 is 0 Å². The van der Waals surface area contributed by atoms with E-state index in [1.807, 2.05) is 0 Å². The highest BCUT2D eigenvalue weighted by Crippen LogP contribution is 2.18. The molecule has 0 aromatic carbocycles. The van der Waals surface area contributed by atoms with Crippen LogP contribution in [-0.2, 0) is 14.3 Å². The van der Waals surface area contributed by atoms with E-state index in [-0.39, 0.29) is 24.9 Å². The number of rotatable bonds is 48. The number of aliphatic hydroxyl groups is 2. The normalized spacial score (nSPS) is 13.6. The van der Waals surface area contributed by atoms with Crippen LogP contribution < -0.4 is 5.32 Å². The van der Waals surface area contributed by atoms with Gasteiger partial charge in [0.25, 0.3) is 0 Å². The molecule has 6 nitrogen and oxygen atoms in total. The molecule has 0 aliphatic carbocycles. The third-order valence-electron chi connectivity index (χ3n) is 12.1. The highest BCUT2D eigenvalue weighted by atomic mass is 16.5. The molecule has 6 heteroatoms. The van der Waals surface area contributed by atoms with E-state index < -0.39 is 18.2 Å². The van der Waals surface area contributed by atoms with Crippen LogP contribution >= 0.6 is 0 Å². The molecule has 0 spiro atoms. The van der Waals surface area contributed by atoms with Crippen LogP contribution in [0.2, 0.25) is 0 Å². The number of hydrogen-bond acceptors (Lipinski definition) is 5. The Balaban J connectivity index is 4.46. The molecule has 0 heterocycles. The molecule has 362 valence electrons. The number of amides is 1. The van der Waals surface area contributed by atoms with E-state index in [1.165, 1.54) is 128 Å². The smallest absolute Gasteiger partial charge is 0.306 e. The summed E-state index contributed by atoms with van der Waals surface area (Å²) in [6.45, 7) is 6.35. The fourth-order valence-electron chi connectivity index (χ4n) is 8.09. The zero-order valence-corrected chi connectivity index (χ0v) is 41.3. The lowest BCUT2D eigenvalue weighted by Crippen LogP contribution is -2.46. The lowest BCUT2D eigenvalue weighted by molar-refractivity contribution is -0.151. The number of nitrogens with one attached hydrogen (secondary N) is 1. The number of ether oxygens (including phenoxy) is 1. The Morgan fingerprint density at radius 2 is 0.871 bits per heavy atom. The van der Waals surface area contributed by atoms with Crippen molar-refractivity contribution in [3.05, 3.63) is 48.6 Å². The molecular formula is C56H103NO5. The van der Waals surface area contributed by atoms with Crippen molar-refractivity contribution in [1.82, 2.24) is 5.32 Å². The Bertz CT molecular complexity index is 1070. The second-order valence-corrected chi connectivity index (χ2v) is 18.2. The molecule has 3 N–H and O–H groups in total. The fourth-order valence-corrected chi connectivity index (χ4v) is 8.09. The third kappa shape index (κ3) is 44.4. The van der Waals surface area contributed by atoms with Gasteiger partial charge in [-0.05, 0) is 83.5 Å². The van der Waals surface area contributed by atoms with Gasteiger partial charge in [-0.3, -0.25) is 9.59 Å². The van der Waals surface area contributed by atoms with E-state index in [0.29, 0.717) is 19.3 Å². The van der Waals surface area contributed by atoms with Gasteiger partial charge in [-0.25, -0.2) is 0 Å². The lowest BCUT2D eigenvalue weighted by Gasteiger charge is -2.24. The average molecular weight is 870 g/mol. The fraction of sp³-hybridized carbons (Fsp3) is 0.821. The molecule has 1 amide bonds. The quantitative estimate of drug-likeness (QED) is 0.0322. The first-order chi connectivity index (χ1) is 30.5. The van der Waals surface area contributed by atoms with Gasteiger partial charge in [0.05, 0.1) is 25.2 Å². The van der Waals surface area contributed by atoms with E-state index in [1.54, 1.807) is 0 Å². The predicted octanol–water partition coefficient (Wildman–Crippen LogP) is 16.2. The van der Waals surface area contributed by atoms with Crippen LogP contribution in [0.4, 0.5) is 0 Å². The Morgan fingerprint density at radius 3 is 1.39 bits per heavy atom. The summed E-state index contributed by atoms with van der Waals surface area (Å²) in [5.74, 6) is -0.500. The summed E-state index contributed by atoms with van der Waals surface area (Å²) in [5.41, 5.74) is 0. The first kappa shape index (κ1) is 59.8. The van der Waals surface area contributed by atoms with Gasteiger partial charge in [0, 0.05) is 6.42 Å².